The van der Waals surface area contributed by atoms with E-state index >= 15 is 0 Å². The predicted octanol–water partition coefficient (Wildman–Crippen LogP) is 3.99. The van der Waals surface area contributed by atoms with E-state index in [1.54, 1.807) is 29.6 Å². The highest BCUT2D eigenvalue weighted by atomic mass is 32.2. The van der Waals surface area contributed by atoms with Crippen LogP contribution < -0.4 is 0 Å². The summed E-state index contributed by atoms with van der Waals surface area (Å²) in [6.07, 6.45) is 3.16. The highest BCUT2D eigenvalue weighted by Gasteiger charge is 2.77. The van der Waals surface area contributed by atoms with Gasteiger partial charge in [-0.25, -0.2) is 5.01 Å². The van der Waals surface area contributed by atoms with Crippen LogP contribution >= 0.6 is 11.3 Å². The van der Waals surface area contributed by atoms with E-state index in [2.05, 4.69) is 6.58 Å². The number of aliphatic hydroxyl groups is 1. The molecule has 2 aliphatic carbocycles. The topological polar surface area (TPSA) is 95.0 Å². The molecule has 2 aromatic rings. The van der Waals surface area contributed by atoms with Gasteiger partial charge in [-0.15, -0.1) is 22.3 Å². The fourth-order valence-corrected chi connectivity index (χ4v) is 8.93. The Morgan fingerprint density at radius 1 is 1.29 bits per heavy atom. The minimum absolute atomic E-state index is 0.0682. The van der Waals surface area contributed by atoms with Gasteiger partial charge in [0.25, 0.3) is 21.8 Å². The lowest BCUT2D eigenvalue weighted by atomic mass is 9.67. The molecule has 1 saturated heterocycles. The number of hydrogen-bond donors (Lipinski definition) is 1. The molecule has 1 aromatic carbocycles. The van der Waals surface area contributed by atoms with Crippen LogP contribution in [0.25, 0.3) is 0 Å². The van der Waals surface area contributed by atoms with E-state index in [-0.39, 0.29) is 17.2 Å². The summed E-state index contributed by atoms with van der Waals surface area (Å²) in [5.74, 6) is -1.20. The summed E-state index contributed by atoms with van der Waals surface area (Å²) in [5.41, 5.74) is -2.66. The van der Waals surface area contributed by atoms with Crippen molar-refractivity contribution >= 4 is 33.2 Å². The Hall–Kier alpha value is -2.49. The van der Waals surface area contributed by atoms with E-state index in [9.17, 15) is 23.1 Å². The first-order chi connectivity index (χ1) is 16.4. The van der Waals surface area contributed by atoms with Crippen molar-refractivity contribution in [2.45, 2.75) is 63.0 Å². The number of aryl methyl sites for hydroxylation is 1. The van der Waals surface area contributed by atoms with Crippen molar-refractivity contribution in [3.05, 3.63) is 64.9 Å². The smallest absolute Gasteiger partial charge is 0.284 e. The molecule has 0 radical (unpaired) electrons. The summed E-state index contributed by atoms with van der Waals surface area (Å²) >= 11 is 1.20. The van der Waals surface area contributed by atoms with E-state index in [4.69, 9.17) is 0 Å². The summed E-state index contributed by atoms with van der Waals surface area (Å²) in [5, 5.41) is 14.5. The molecule has 3 aliphatic rings. The van der Waals surface area contributed by atoms with Gasteiger partial charge < -0.3 is 5.11 Å². The van der Waals surface area contributed by atoms with Crippen molar-refractivity contribution in [2.75, 3.05) is 0 Å². The number of fused-ring (bicyclic) bond motifs is 1. The lowest BCUT2D eigenvalue weighted by molar-refractivity contribution is -0.165. The first-order valence-corrected chi connectivity index (χ1v) is 14.1. The van der Waals surface area contributed by atoms with Crippen LogP contribution in [-0.4, -0.2) is 40.8 Å². The third-order valence-electron chi connectivity index (χ3n) is 8.66. The summed E-state index contributed by atoms with van der Waals surface area (Å²) in [6, 6.07) is 8.94. The van der Waals surface area contributed by atoms with Gasteiger partial charge in [0.1, 0.15) is 0 Å². The van der Waals surface area contributed by atoms with Gasteiger partial charge in [0.05, 0.1) is 16.4 Å². The number of nitrogens with zero attached hydrogens (tertiary/aromatic N) is 2. The first-order valence-electron chi connectivity index (χ1n) is 11.8. The van der Waals surface area contributed by atoms with E-state index in [0.717, 1.165) is 17.0 Å². The molecule has 2 heterocycles. The molecule has 2 bridgehead atoms. The number of carbonyl (C=O) groups is 2. The third kappa shape index (κ3) is 3.01. The van der Waals surface area contributed by atoms with E-state index in [1.165, 1.54) is 29.5 Å². The fourth-order valence-electron chi connectivity index (χ4n) is 6.62. The SMILES string of the molecule is C=CC[C@@](O)(C(=O)N1C2CC3CCC2(C(=O)N1S(=O)(=O)c1ccc(C)cc1)C3(C)C)c1cccs1. The van der Waals surface area contributed by atoms with Crippen molar-refractivity contribution in [1.82, 2.24) is 9.42 Å². The molecule has 1 N–H and O–H groups in total. The first kappa shape index (κ1) is 24.2. The van der Waals surface area contributed by atoms with Crippen LogP contribution in [0.5, 0.6) is 0 Å². The monoisotopic (exact) mass is 514 g/mol. The molecule has 35 heavy (non-hydrogen) atoms. The van der Waals surface area contributed by atoms with E-state index < -0.39 is 44.3 Å². The third-order valence-corrected chi connectivity index (χ3v) is 11.3. The van der Waals surface area contributed by atoms with Gasteiger partial charge in [0, 0.05) is 11.3 Å². The Balaban J connectivity index is 1.70. The summed E-state index contributed by atoms with van der Waals surface area (Å²) in [4.78, 5) is 28.8. The summed E-state index contributed by atoms with van der Waals surface area (Å²) in [6.45, 7) is 9.55. The maximum atomic E-state index is 14.2. The van der Waals surface area contributed by atoms with Gasteiger partial charge in [-0.2, -0.15) is 8.42 Å². The maximum Gasteiger partial charge on any atom is 0.284 e. The van der Waals surface area contributed by atoms with Crippen molar-refractivity contribution in [3.8, 4) is 0 Å². The molecule has 1 spiro atoms. The van der Waals surface area contributed by atoms with Crippen LogP contribution in [-0.2, 0) is 25.2 Å². The molecular weight excluding hydrogens is 484 g/mol. The van der Waals surface area contributed by atoms with Crippen molar-refractivity contribution in [1.29, 1.82) is 0 Å². The molecule has 9 heteroatoms. The summed E-state index contributed by atoms with van der Waals surface area (Å²) < 4.78 is 28.6. The van der Waals surface area contributed by atoms with Gasteiger partial charge in [-0.3, -0.25) is 9.59 Å². The Labute approximate surface area is 210 Å². The average molecular weight is 515 g/mol. The van der Waals surface area contributed by atoms with Crippen LogP contribution in [0.3, 0.4) is 0 Å². The summed E-state index contributed by atoms with van der Waals surface area (Å²) in [7, 11) is -4.41. The highest BCUT2D eigenvalue weighted by molar-refractivity contribution is 7.89. The van der Waals surface area contributed by atoms with Crippen molar-refractivity contribution in [2.24, 2.45) is 16.7 Å². The molecule has 7 nitrogen and oxygen atoms in total. The average Bonchev–Trinajstić information content (AvgIpc) is 3.55. The number of amides is 2. The van der Waals surface area contributed by atoms with E-state index in [1.807, 2.05) is 20.8 Å². The zero-order valence-corrected chi connectivity index (χ0v) is 21.7. The Morgan fingerprint density at radius 3 is 2.54 bits per heavy atom. The zero-order valence-electron chi connectivity index (χ0n) is 20.1. The quantitative estimate of drug-likeness (QED) is 0.588. The van der Waals surface area contributed by atoms with Gasteiger partial charge in [0.15, 0.2) is 5.60 Å². The highest BCUT2D eigenvalue weighted by Crippen LogP contribution is 2.70. The molecule has 1 aliphatic heterocycles. The number of benzene rings is 1. The van der Waals surface area contributed by atoms with Gasteiger partial charge in [0.2, 0.25) is 0 Å². The Morgan fingerprint density at radius 2 is 1.97 bits per heavy atom. The minimum atomic E-state index is -4.41. The molecule has 5 rings (SSSR count). The van der Waals surface area contributed by atoms with Gasteiger partial charge >= 0.3 is 0 Å². The molecule has 3 unspecified atom stereocenters. The molecule has 3 fully saturated rings. The second-order valence-corrected chi connectivity index (χ2v) is 13.2. The number of thiophene rings is 1. The van der Waals surface area contributed by atoms with Crippen LogP contribution in [0.2, 0.25) is 0 Å². The predicted molar refractivity (Wildman–Crippen MR) is 132 cm³/mol. The van der Waals surface area contributed by atoms with Gasteiger partial charge in [-0.05, 0) is 61.1 Å². The van der Waals surface area contributed by atoms with Crippen LogP contribution in [0.1, 0.15) is 50.0 Å². The van der Waals surface area contributed by atoms with Crippen LogP contribution in [0.15, 0.2) is 59.3 Å². The zero-order chi connectivity index (χ0) is 25.4. The standard InChI is InChI=1S/C26H30N2O5S2/c1-5-13-26(31,21-7-6-15-34-21)23(30)27-20-16-18-12-14-25(20,24(18,3)4)22(29)28(27)35(32,33)19-10-8-17(2)9-11-19/h5-11,15,18,20,31H,1,12-14,16H2,2-4H3/t18?,20?,25?,26-/m0/s1. The molecular formula is C26H30N2O5S2. The van der Waals surface area contributed by atoms with Crippen LogP contribution in [0.4, 0.5) is 0 Å². The number of rotatable bonds is 6. The molecule has 2 amide bonds. The number of carbonyl (C=O) groups excluding carboxylic acids is 2. The lowest BCUT2D eigenvalue weighted by Gasteiger charge is -2.38. The Bertz CT molecular complexity index is 1300. The van der Waals surface area contributed by atoms with Crippen molar-refractivity contribution in [3.63, 3.8) is 0 Å². The minimum Gasteiger partial charge on any atom is -0.374 e. The lowest BCUT2D eigenvalue weighted by Crippen LogP contribution is -2.56. The molecule has 186 valence electrons. The Kier molecular flexibility index (Phi) is 5.36. The van der Waals surface area contributed by atoms with Gasteiger partial charge in [-0.1, -0.05) is 43.7 Å². The number of hydrazine groups is 1. The van der Waals surface area contributed by atoms with E-state index in [0.29, 0.717) is 22.1 Å². The fraction of sp³-hybridized carbons (Fsp3) is 0.462. The molecule has 1 aromatic heterocycles. The van der Waals surface area contributed by atoms with Crippen LogP contribution in [0, 0.1) is 23.7 Å². The number of hydrogen-bond acceptors (Lipinski definition) is 6. The van der Waals surface area contributed by atoms with Crippen molar-refractivity contribution < 1.29 is 23.1 Å². The second-order valence-electron chi connectivity index (χ2n) is 10.5. The number of sulfonamides is 1. The second kappa shape index (κ2) is 7.75. The molecule has 4 atom stereocenters. The molecule has 2 saturated carbocycles. The maximum absolute atomic E-state index is 14.2. The normalized spacial score (nSPS) is 28.7. The largest absolute Gasteiger partial charge is 0.374 e.